The van der Waals surface area contributed by atoms with Crippen LogP contribution in [0.2, 0.25) is 4.34 Å². The maximum Gasteiger partial charge on any atom is 0.261 e. The molecule has 0 spiro atoms. The molecule has 0 radical (unpaired) electrons. The van der Waals surface area contributed by atoms with Crippen LogP contribution in [-0.2, 0) is 4.74 Å². The van der Waals surface area contributed by atoms with Crippen LogP contribution in [0.3, 0.4) is 0 Å². The van der Waals surface area contributed by atoms with Gasteiger partial charge in [-0.3, -0.25) is 0 Å². The summed E-state index contributed by atoms with van der Waals surface area (Å²) in [5.41, 5.74) is 0. The summed E-state index contributed by atoms with van der Waals surface area (Å²) in [5, 5.41) is -0.222. The Kier molecular flexibility index (Phi) is 5.82. The summed E-state index contributed by atoms with van der Waals surface area (Å²) in [4.78, 5) is 0.933. The minimum atomic E-state index is -2.42. The summed E-state index contributed by atoms with van der Waals surface area (Å²) < 4.78 is 28.8. The van der Waals surface area contributed by atoms with Crippen molar-refractivity contribution < 1.29 is 13.5 Å². The fourth-order valence-electron chi connectivity index (χ4n) is 0.998. The van der Waals surface area contributed by atoms with Crippen molar-refractivity contribution in [3.05, 3.63) is 21.3 Å². The van der Waals surface area contributed by atoms with Crippen LogP contribution in [0.25, 0.3) is 0 Å². The van der Waals surface area contributed by atoms with E-state index in [9.17, 15) is 8.78 Å². The zero-order valence-electron chi connectivity index (χ0n) is 7.76. The lowest BCUT2D eigenvalue weighted by molar-refractivity contribution is 0.0166. The molecule has 1 aromatic heterocycles. The SMILES string of the molecule is FC(F)COCCC(Cl)c1ccc(Cl)s1. The van der Waals surface area contributed by atoms with Gasteiger partial charge in [0.25, 0.3) is 6.43 Å². The van der Waals surface area contributed by atoms with Gasteiger partial charge in [0.2, 0.25) is 0 Å². The smallest absolute Gasteiger partial charge is 0.261 e. The Morgan fingerprint density at radius 3 is 2.67 bits per heavy atom. The van der Waals surface area contributed by atoms with Gasteiger partial charge in [0.15, 0.2) is 0 Å². The average molecular weight is 275 g/mol. The van der Waals surface area contributed by atoms with Crippen molar-refractivity contribution in [1.29, 1.82) is 0 Å². The molecule has 0 aliphatic carbocycles. The lowest BCUT2D eigenvalue weighted by atomic mass is 10.3. The summed E-state index contributed by atoms with van der Waals surface area (Å²) in [6.07, 6.45) is -1.92. The van der Waals surface area contributed by atoms with E-state index < -0.39 is 13.0 Å². The predicted molar refractivity (Wildman–Crippen MR) is 59.4 cm³/mol. The van der Waals surface area contributed by atoms with Crippen LogP contribution in [0, 0.1) is 0 Å². The zero-order valence-corrected chi connectivity index (χ0v) is 10.1. The molecular formula is C9H10Cl2F2OS. The van der Waals surface area contributed by atoms with Crippen molar-refractivity contribution in [3.8, 4) is 0 Å². The standard InChI is InChI=1S/C9H10Cl2F2OS/c10-6(3-4-14-5-9(12)13)7-1-2-8(11)15-7/h1-2,6,9H,3-5H2. The van der Waals surface area contributed by atoms with E-state index in [0.717, 1.165) is 4.88 Å². The summed E-state index contributed by atoms with van der Waals surface area (Å²) in [6.45, 7) is -0.303. The molecule has 0 aliphatic rings. The Morgan fingerprint density at radius 1 is 1.40 bits per heavy atom. The van der Waals surface area contributed by atoms with E-state index >= 15 is 0 Å². The normalized spacial score (nSPS) is 13.4. The Morgan fingerprint density at radius 2 is 2.13 bits per heavy atom. The van der Waals surface area contributed by atoms with E-state index in [-0.39, 0.29) is 12.0 Å². The predicted octanol–water partition coefficient (Wildman–Crippen LogP) is 4.35. The van der Waals surface area contributed by atoms with E-state index in [2.05, 4.69) is 0 Å². The van der Waals surface area contributed by atoms with E-state index in [0.29, 0.717) is 10.8 Å². The molecule has 1 aromatic rings. The minimum Gasteiger partial charge on any atom is -0.375 e. The third-order valence-corrected chi connectivity index (χ3v) is 3.59. The van der Waals surface area contributed by atoms with Gasteiger partial charge in [0.05, 0.1) is 9.71 Å². The van der Waals surface area contributed by atoms with E-state index in [1.807, 2.05) is 6.07 Å². The van der Waals surface area contributed by atoms with Crippen LogP contribution in [-0.4, -0.2) is 19.6 Å². The van der Waals surface area contributed by atoms with Gasteiger partial charge in [-0.05, 0) is 18.6 Å². The van der Waals surface area contributed by atoms with Crippen molar-refractivity contribution in [1.82, 2.24) is 0 Å². The monoisotopic (exact) mass is 274 g/mol. The van der Waals surface area contributed by atoms with Crippen molar-refractivity contribution in [2.24, 2.45) is 0 Å². The van der Waals surface area contributed by atoms with Gasteiger partial charge in [-0.1, -0.05) is 11.6 Å². The molecule has 0 amide bonds. The highest BCUT2D eigenvalue weighted by Gasteiger charge is 2.11. The second-order valence-electron chi connectivity index (χ2n) is 2.86. The molecule has 0 aliphatic heterocycles. The first-order valence-electron chi connectivity index (χ1n) is 4.35. The topological polar surface area (TPSA) is 9.23 Å². The van der Waals surface area contributed by atoms with Crippen LogP contribution >= 0.6 is 34.5 Å². The highest BCUT2D eigenvalue weighted by molar-refractivity contribution is 7.16. The molecule has 0 saturated heterocycles. The van der Waals surface area contributed by atoms with Crippen molar-refractivity contribution in [2.45, 2.75) is 18.2 Å². The molecule has 0 aromatic carbocycles. The largest absolute Gasteiger partial charge is 0.375 e. The quantitative estimate of drug-likeness (QED) is 0.554. The molecule has 1 heterocycles. The molecule has 6 heteroatoms. The molecule has 1 unspecified atom stereocenters. The molecule has 0 fully saturated rings. The molecule has 0 bridgehead atoms. The first kappa shape index (κ1) is 13.2. The van der Waals surface area contributed by atoms with Gasteiger partial charge < -0.3 is 4.74 Å². The third kappa shape index (κ3) is 5.11. The first-order valence-corrected chi connectivity index (χ1v) is 5.98. The molecular weight excluding hydrogens is 265 g/mol. The Balaban J connectivity index is 2.21. The number of hydrogen-bond acceptors (Lipinski definition) is 2. The lowest BCUT2D eigenvalue weighted by Gasteiger charge is -2.07. The van der Waals surface area contributed by atoms with Gasteiger partial charge in [-0.2, -0.15) is 0 Å². The highest BCUT2D eigenvalue weighted by Crippen LogP contribution is 2.32. The number of hydrogen-bond donors (Lipinski definition) is 0. The van der Waals surface area contributed by atoms with E-state index in [4.69, 9.17) is 27.9 Å². The van der Waals surface area contributed by atoms with Crippen molar-refractivity contribution >= 4 is 34.5 Å². The summed E-state index contributed by atoms with van der Waals surface area (Å²) in [7, 11) is 0. The van der Waals surface area contributed by atoms with E-state index in [1.54, 1.807) is 6.07 Å². The van der Waals surface area contributed by atoms with Crippen LogP contribution in [0.5, 0.6) is 0 Å². The van der Waals surface area contributed by atoms with Crippen LogP contribution < -0.4 is 0 Å². The number of halogens is 4. The second-order valence-corrected chi connectivity index (χ2v) is 5.14. The number of ether oxygens (including phenoxy) is 1. The maximum atomic E-state index is 11.7. The maximum absolute atomic E-state index is 11.7. The van der Waals surface area contributed by atoms with Crippen molar-refractivity contribution in [2.75, 3.05) is 13.2 Å². The Bertz CT molecular complexity index is 293. The minimum absolute atomic E-state index is 0.222. The molecule has 0 N–H and O–H groups in total. The third-order valence-electron chi connectivity index (χ3n) is 1.66. The number of thiophene rings is 1. The van der Waals surface area contributed by atoms with Gasteiger partial charge in [0.1, 0.15) is 6.61 Å². The van der Waals surface area contributed by atoms with Crippen LogP contribution in [0.1, 0.15) is 16.7 Å². The molecule has 1 rings (SSSR count). The van der Waals surface area contributed by atoms with Gasteiger partial charge >= 0.3 is 0 Å². The number of rotatable bonds is 6. The van der Waals surface area contributed by atoms with E-state index in [1.165, 1.54) is 11.3 Å². The van der Waals surface area contributed by atoms with Crippen molar-refractivity contribution in [3.63, 3.8) is 0 Å². The fourth-order valence-corrected chi connectivity index (χ4v) is 2.37. The van der Waals surface area contributed by atoms with Gasteiger partial charge in [0, 0.05) is 11.5 Å². The Hall–Kier alpha value is 0.1000. The fraction of sp³-hybridized carbons (Fsp3) is 0.556. The first-order chi connectivity index (χ1) is 7.09. The summed E-state index contributed by atoms with van der Waals surface area (Å²) in [6, 6.07) is 3.59. The molecule has 1 atom stereocenters. The number of alkyl halides is 3. The molecule has 15 heavy (non-hydrogen) atoms. The van der Waals surface area contributed by atoms with Crippen LogP contribution in [0.4, 0.5) is 8.78 Å². The lowest BCUT2D eigenvalue weighted by Crippen LogP contribution is -2.06. The summed E-state index contributed by atoms with van der Waals surface area (Å²) in [5.74, 6) is 0. The summed E-state index contributed by atoms with van der Waals surface area (Å²) >= 11 is 13.1. The van der Waals surface area contributed by atoms with Gasteiger partial charge in [-0.15, -0.1) is 22.9 Å². The second kappa shape index (κ2) is 6.63. The van der Waals surface area contributed by atoms with Crippen LogP contribution in [0.15, 0.2) is 12.1 Å². The molecule has 86 valence electrons. The molecule has 0 saturated carbocycles. The zero-order chi connectivity index (χ0) is 11.3. The molecule has 1 nitrogen and oxygen atoms in total. The highest BCUT2D eigenvalue weighted by atomic mass is 35.5. The average Bonchev–Trinajstić information content (AvgIpc) is 2.59. The Labute approximate surface area is 101 Å². The van der Waals surface area contributed by atoms with Gasteiger partial charge in [-0.25, -0.2) is 8.78 Å².